The third-order valence-corrected chi connectivity index (χ3v) is 3.15. The van der Waals surface area contributed by atoms with Crippen molar-refractivity contribution >= 4 is 5.82 Å². The predicted octanol–water partition coefficient (Wildman–Crippen LogP) is 1.75. The van der Waals surface area contributed by atoms with Crippen LogP contribution < -0.4 is 10.2 Å². The van der Waals surface area contributed by atoms with Crippen molar-refractivity contribution < 1.29 is 0 Å². The minimum Gasteiger partial charge on any atom is -0.356 e. The summed E-state index contributed by atoms with van der Waals surface area (Å²) in [7, 11) is 0. The zero-order valence-corrected chi connectivity index (χ0v) is 11.0. The van der Waals surface area contributed by atoms with Crippen LogP contribution in [0.15, 0.2) is 12.3 Å². The monoisotopic (exact) mass is 234 g/mol. The van der Waals surface area contributed by atoms with Crippen LogP contribution in [0.2, 0.25) is 0 Å². The summed E-state index contributed by atoms with van der Waals surface area (Å²) >= 11 is 0. The first kappa shape index (κ1) is 12.3. The molecule has 4 nitrogen and oxygen atoms in total. The number of aromatic nitrogens is 2. The van der Waals surface area contributed by atoms with Crippen LogP contribution >= 0.6 is 0 Å². The molecule has 0 radical (unpaired) electrons. The average molecular weight is 234 g/mol. The number of hydrogen-bond donors (Lipinski definition) is 1. The Bertz CT molecular complexity index is 356. The number of piperidine rings is 1. The lowest BCUT2D eigenvalue weighted by Gasteiger charge is -2.34. The van der Waals surface area contributed by atoms with Crippen molar-refractivity contribution in [3.05, 3.63) is 18.1 Å². The first-order valence-corrected chi connectivity index (χ1v) is 6.46. The van der Waals surface area contributed by atoms with Gasteiger partial charge in [0.15, 0.2) is 0 Å². The van der Waals surface area contributed by atoms with Gasteiger partial charge in [-0.05, 0) is 25.8 Å². The molecule has 1 N–H and O–H groups in total. The molecule has 0 aliphatic carbocycles. The molecule has 0 saturated carbocycles. The fraction of sp³-hybridized carbons (Fsp3) is 0.692. The van der Waals surface area contributed by atoms with Crippen LogP contribution in [0.5, 0.6) is 0 Å². The van der Waals surface area contributed by atoms with Crippen molar-refractivity contribution in [3.63, 3.8) is 0 Å². The molecule has 2 rings (SSSR count). The average Bonchev–Trinajstić information content (AvgIpc) is 2.29. The van der Waals surface area contributed by atoms with Crippen molar-refractivity contribution in [3.8, 4) is 0 Å². The number of aryl methyl sites for hydroxylation is 1. The Morgan fingerprint density at radius 3 is 2.65 bits per heavy atom. The van der Waals surface area contributed by atoms with Gasteiger partial charge in [0.25, 0.3) is 0 Å². The zero-order chi connectivity index (χ0) is 12.3. The maximum atomic E-state index is 4.48. The smallest absolute Gasteiger partial charge is 0.132 e. The van der Waals surface area contributed by atoms with Gasteiger partial charge in [-0.2, -0.15) is 0 Å². The lowest BCUT2D eigenvalue weighted by Crippen LogP contribution is -2.45. The van der Waals surface area contributed by atoms with Crippen LogP contribution in [-0.2, 0) is 0 Å². The van der Waals surface area contributed by atoms with Crippen LogP contribution in [0.1, 0.15) is 32.5 Å². The molecule has 17 heavy (non-hydrogen) atoms. The number of hydrogen-bond acceptors (Lipinski definition) is 4. The van der Waals surface area contributed by atoms with Gasteiger partial charge in [-0.3, -0.25) is 0 Å². The second kappa shape index (κ2) is 5.45. The molecule has 0 bridgehead atoms. The van der Waals surface area contributed by atoms with E-state index in [1.54, 1.807) is 0 Å². The fourth-order valence-electron chi connectivity index (χ4n) is 2.37. The molecule has 1 fully saturated rings. The molecule has 2 heterocycles. The second-order valence-corrected chi connectivity index (χ2v) is 5.04. The van der Waals surface area contributed by atoms with Gasteiger partial charge in [-0.15, -0.1) is 0 Å². The highest BCUT2D eigenvalue weighted by Crippen LogP contribution is 2.17. The second-order valence-electron chi connectivity index (χ2n) is 5.04. The molecular formula is C13H22N4. The maximum Gasteiger partial charge on any atom is 0.132 e. The molecule has 1 aliphatic rings. The normalized spacial score (nSPS) is 17.8. The van der Waals surface area contributed by atoms with E-state index >= 15 is 0 Å². The highest BCUT2D eigenvalue weighted by molar-refractivity contribution is 5.37. The Morgan fingerprint density at radius 1 is 1.35 bits per heavy atom. The minimum absolute atomic E-state index is 0.577. The molecule has 1 aliphatic heterocycles. The molecule has 0 amide bonds. The first-order chi connectivity index (χ1) is 8.15. The van der Waals surface area contributed by atoms with E-state index < -0.39 is 0 Å². The lowest BCUT2D eigenvalue weighted by atomic mass is 10.0. The van der Waals surface area contributed by atoms with E-state index in [2.05, 4.69) is 34.0 Å². The summed E-state index contributed by atoms with van der Waals surface area (Å²) in [5, 5.41) is 3.61. The highest BCUT2D eigenvalue weighted by Gasteiger charge is 2.20. The van der Waals surface area contributed by atoms with Crippen molar-refractivity contribution in [1.29, 1.82) is 0 Å². The minimum atomic E-state index is 0.577. The van der Waals surface area contributed by atoms with E-state index in [0.29, 0.717) is 12.1 Å². The van der Waals surface area contributed by atoms with Gasteiger partial charge in [-0.25, -0.2) is 9.97 Å². The molecule has 0 aromatic carbocycles. The summed E-state index contributed by atoms with van der Waals surface area (Å²) in [6.45, 7) is 8.53. The number of nitrogens with zero attached hydrogens (tertiary/aromatic N) is 3. The maximum absolute atomic E-state index is 4.48. The lowest BCUT2D eigenvalue weighted by molar-refractivity contribution is 0.386. The Morgan fingerprint density at radius 2 is 2.06 bits per heavy atom. The van der Waals surface area contributed by atoms with Crippen molar-refractivity contribution in [2.24, 2.45) is 0 Å². The molecule has 1 aromatic rings. The Hall–Kier alpha value is -1.16. The van der Waals surface area contributed by atoms with E-state index in [9.17, 15) is 0 Å². The summed E-state index contributed by atoms with van der Waals surface area (Å²) in [6, 6.07) is 3.24. The van der Waals surface area contributed by atoms with Crippen LogP contribution in [0.4, 0.5) is 5.82 Å². The van der Waals surface area contributed by atoms with Crippen LogP contribution in [0.25, 0.3) is 0 Å². The van der Waals surface area contributed by atoms with Crippen molar-refractivity contribution in [2.75, 3.05) is 18.0 Å². The van der Waals surface area contributed by atoms with E-state index in [-0.39, 0.29) is 0 Å². The van der Waals surface area contributed by atoms with Crippen molar-refractivity contribution in [1.82, 2.24) is 15.3 Å². The van der Waals surface area contributed by atoms with Gasteiger partial charge in [0.2, 0.25) is 0 Å². The quantitative estimate of drug-likeness (QED) is 0.865. The topological polar surface area (TPSA) is 41.1 Å². The summed E-state index contributed by atoms with van der Waals surface area (Å²) < 4.78 is 0. The molecule has 1 saturated heterocycles. The van der Waals surface area contributed by atoms with Crippen molar-refractivity contribution in [2.45, 2.75) is 45.7 Å². The van der Waals surface area contributed by atoms with E-state index in [0.717, 1.165) is 24.7 Å². The molecule has 0 unspecified atom stereocenters. The van der Waals surface area contributed by atoms with Crippen LogP contribution in [-0.4, -0.2) is 35.1 Å². The van der Waals surface area contributed by atoms with Gasteiger partial charge in [0.1, 0.15) is 11.6 Å². The van der Waals surface area contributed by atoms with Crippen LogP contribution in [0, 0.1) is 6.92 Å². The molecule has 4 heteroatoms. The largest absolute Gasteiger partial charge is 0.356 e. The molecule has 0 atom stereocenters. The summed E-state index contributed by atoms with van der Waals surface area (Å²) in [4.78, 5) is 11.0. The summed E-state index contributed by atoms with van der Waals surface area (Å²) in [5.41, 5.74) is 0. The number of nitrogens with one attached hydrogen (secondary N) is 1. The van der Waals surface area contributed by atoms with Gasteiger partial charge in [-0.1, -0.05) is 13.8 Å². The standard InChI is InChI=1S/C13H22N4/c1-10(2)15-12-5-8-17(9-6-12)13-4-7-14-11(3)16-13/h4,7,10,12,15H,5-6,8-9H2,1-3H3. The number of rotatable bonds is 3. The van der Waals surface area contributed by atoms with Gasteiger partial charge in [0, 0.05) is 31.4 Å². The molecule has 0 spiro atoms. The Balaban J connectivity index is 1.91. The van der Waals surface area contributed by atoms with Crippen LogP contribution in [0.3, 0.4) is 0 Å². The number of anilines is 1. The Kier molecular flexibility index (Phi) is 3.94. The Labute approximate surface area is 103 Å². The molecule has 1 aromatic heterocycles. The van der Waals surface area contributed by atoms with E-state index in [1.165, 1.54) is 12.8 Å². The van der Waals surface area contributed by atoms with E-state index in [4.69, 9.17) is 0 Å². The zero-order valence-electron chi connectivity index (χ0n) is 11.0. The summed E-state index contributed by atoms with van der Waals surface area (Å²) in [5.74, 6) is 1.92. The van der Waals surface area contributed by atoms with Gasteiger partial charge < -0.3 is 10.2 Å². The van der Waals surface area contributed by atoms with E-state index in [1.807, 2.05) is 19.2 Å². The summed E-state index contributed by atoms with van der Waals surface area (Å²) in [6.07, 6.45) is 4.23. The predicted molar refractivity (Wildman–Crippen MR) is 70.3 cm³/mol. The van der Waals surface area contributed by atoms with Gasteiger partial charge >= 0.3 is 0 Å². The third kappa shape index (κ3) is 3.40. The highest BCUT2D eigenvalue weighted by atomic mass is 15.2. The molecular weight excluding hydrogens is 212 g/mol. The third-order valence-electron chi connectivity index (χ3n) is 3.15. The molecule has 94 valence electrons. The fourth-order valence-corrected chi connectivity index (χ4v) is 2.37. The SMILES string of the molecule is Cc1nccc(N2CCC(NC(C)C)CC2)n1. The van der Waals surface area contributed by atoms with Gasteiger partial charge in [0.05, 0.1) is 0 Å². The first-order valence-electron chi connectivity index (χ1n) is 6.46.